The van der Waals surface area contributed by atoms with Crippen molar-refractivity contribution < 1.29 is 14.3 Å². The third kappa shape index (κ3) is 5.15. The number of hydrogen-bond acceptors (Lipinski definition) is 6. The van der Waals surface area contributed by atoms with Gasteiger partial charge in [0.2, 0.25) is 0 Å². The molecule has 2 atom stereocenters. The highest BCUT2D eigenvalue weighted by Crippen LogP contribution is 2.45. The molecule has 37 heavy (non-hydrogen) atoms. The molecule has 2 fully saturated rings. The number of fused-ring (bicyclic) bond motifs is 1. The maximum absolute atomic E-state index is 13.5. The zero-order valence-corrected chi connectivity index (χ0v) is 22.8. The summed E-state index contributed by atoms with van der Waals surface area (Å²) in [4.78, 5) is 35.8. The number of halogens is 1. The summed E-state index contributed by atoms with van der Waals surface area (Å²) in [5, 5.41) is 5.27. The minimum atomic E-state index is -0.881. The molecule has 2 unspecified atom stereocenters. The maximum Gasteiger partial charge on any atom is 0.317 e. The van der Waals surface area contributed by atoms with Crippen molar-refractivity contribution in [3.05, 3.63) is 57.6 Å². The summed E-state index contributed by atoms with van der Waals surface area (Å²) < 4.78 is 7.93. The smallest absolute Gasteiger partial charge is 0.317 e. The number of carbonyl (C=O) groups is 2. The second kappa shape index (κ2) is 10.2. The number of nitrogens with zero attached hydrogens (tertiary/aromatic N) is 4. The van der Waals surface area contributed by atoms with E-state index >= 15 is 0 Å². The number of Topliss-reactive ketones (excluding diaryl/α,β-unsaturated/α-hetero) is 1. The van der Waals surface area contributed by atoms with Crippen LogP contribution in [-0.4, -0.2) is 36.9 Å². The highest BCUT2D eigenvalue weighted by Gasteiger charge is 2.51. The van der Waals surface area contributed by atoms with E-state index in [1.54, 1.807) is 4.52 Å². The monoisotopic (exact) mass is 522 g/mol. The molecule has 0 amide bonds. The van der Waals surface area contributed by atoms with Crippen molar-refractivity contribution in [1.29, 1.82) is 0 Å². The number of aryl methyl sites for hydroxylation is 3. The molecule has 1 aliphatic heterocycles. The Kier molecular flexibility index (Phi) is 7.10. The lowest BCUT2D eigenvalue weighted by Gasteiger charge is -2.43. The standard InChI is InChI=1S/C29H35ClN4O3/c1-17(2)22-10-9-20(14-24(22)30)11-12-29(21-7-5-6-8-21)16-25(35)23(27(36)37-29)15-26-32-28-31-18(3)13-19(4)34(28)33-26/h9-10,13-14,17,21,23H,5-8,11-12,15-16H2,1-4H3. The van der Waals surface area contributed by atoms with Crippen LogP contribution in [0.5, 0.6) is 0 Å². The molecule has 2 aliphatic rings. The Labute approximate surface area is 223 Å². The Morgan fingerprint density at radius 1 is 1.14 bits per heavy atom. The van der Waals surface area contributed by atoms with Gasteiger partial charge in [0.1, 0.15) is 11.5 Å². The second-order valence-electron chi connectivity index (χ2n) is 11.2. The van der Waals surface area contributed by atoms with E-state index in [1.165, 1.54) is 0 Å². The fourth-order valence-corrected chi connectivity index (χ4v) is 6.53. The average Bonchev–Trinajstić information content (AvgIpc) is 3.51. The van der Waals surface area contributed by atoms with E-state index in [4.69, 9.17) is 16.3 Å². The van der Waals surface area contributed by atoms with Crippen molar-refractivity contribution in [2.75, 3.05) is 0 Å². The van der Waals surface area contributed by atoms with Crippen LogP contribution < -0.4 is 0 Å². The molecule has 1 saturated carbocycles. The van der Waals surface area contributed by atoms with E-state index in [-0.39, 0.29) is 24.5 Å². The van der Waals surface area contributed by atoms with Gasteiger partial charge in [0, 0.05) is 29.3 Å². The van der Waals surface area contributed by atoms with E-state index in [9.17, 15) is 9.59 Å². The number of aromatic nitrogens is 4. The van der Waals surface area contributed by atoms with Gasteiger partial charge in [-0.3, -0.25) is 9.59 Å². The van der Waals surface area contributed by atoms with Crippen molar-refractivity contribution in [2.45, 2.75) is 90.6 Å². The molecule has 5 rings (SSSR count). The van der Waals surface area contributed by atoms with Crippen LogP contribution in [0.25, 0.3) is 5.78 Å². The highest BCUT2D eigenvalue weighted by molar-refractivity contribution is 6.31. The van der Waals surface area contributed by atoms with Crippen molar-refractivity contribution in [3.8, 4) is 0 Å². The largest absolute Gasteiger partial charge is 0.458 e. The highest BCUT2D eigenvalue weighted by atomic mass is 35.5. The zero-order valence-electron chi connectivity index (χ0n) is 22.1. The minimum Gasteiger partial charge on any atom is -0.458 e. The van der Waals surface area contributed by atoms with E-state index in [0.717, 1.165) is 53.2 Å². The van der Waals surface area contributed by atoms with Crippen molar-refractivity contribution in [3.63, 3.8) is 0 Å². The van der Waals surface area contributed by atoms with Gasteiger partial charge in [-0.25, -0.2) is 9.50 Å². The third-order valence-corrected chi connectivity index (χ3v) is 8.45. The third-order valence-electron chi connectivity index (χ3n) is 8.12. The van der Waals surface area contributed by atoms with Crippen LogP contribution in [0.1, 0.15) is 86.6 Å². The molecule has 1 aliphatic carbocycles. The fraction of sp³-hybridized carbons (Fsp3) is 0.552. The number of hydrogen-bond donors (Lipinski definition) is 0. The lowest BCUT2D eigenvalue weighted by atomic mass is 9.73. The predicted octanol–water partition coefficient (Wildman–Crippen LogP) is 5.75. The normalized spacial score (nSPS) is 22.8. The SMILES string of the molecule is Cc1cc(C)n2nc(CC3C(=O)CC(CCc4ccc(C(C)C)c(Cl)c4)(C4CCCC4)OC3=O)nc2n1. The van der Waals surface area contributed by atoms with Crippen LogP contribution in [0.4, 0.5) is 0 Å². The Morgan fingerprint density at radius 3 is 2.57 bits per heavy atom. The number of benzene rings is 1. The van der Waals surface area contributed by atoms with E-state index in [0.29, 0.717) is 30.4 Å². The summed E-state index contributed by atoms with van der Waals surface area (Å²) in [7, 11) is 0. The first kappa shape index (κ1) is 25.8. The number of rotatable bonds is 7. The van der Waals surface area contributed by atoms with Crippen LogP contribution in [0.3, 0.4) is 0 Å². The number of ketones is 1. The second-order valence-corrected chi connectivity index (χ2v) is 11.6. The number of ether oxygens (including phenoxy) is 1. The first-order chi connectivity index (χ1) is 17.6. The molecule has 0 radical (unpaired) electrons. The van der Waals surface area contributed by atoms with Gasteiger partial charge >= 0.3 is 5.97 Å². The minimum absolute atomic E-state index is 0.0731. The van der Waals surface area contributed by atoms with Gasteiger partial charge in [0.15, 0.2) is 11.6 Å². The molecule has 0 bridgehead atoms. The Bertz CT molecular complexity index is 1320. The van der Waals surface area contributed by atoms with E-state index in [2.05, 4.69) is 41.0 Å². The zero-order chi connectivity index (χ0) is 26.3. The summed E-state index contributed by atoms with van der Waals surface area (Å²) in [5.74, 6) is 0.0674. The Morgan fingerprint density at radius 2 is 1.89 bits per heavy atom. The molecular formula is C29H35ClN4O3. The number of carbonyl (C=O) groups excluding carboxylic acids is 2. The van der Waals surface area contributed by atoms with Gasteiger partial charge in [0.05, 0.1) is 0 Å². The first-order valence-electron chi connectivity index (χ1n) is 13.4. The van der Waals surface area contributed by atoms with Gasteiger partial charge < -0.3 is 4.74 Å². The van der Waals surface area contributed by atoms with Crippen LogP contribution in [-0.2, 0) is 27.2 Å². The molecule has 7 nitrogen and oxygen atoms in total. The summed E-state index contributed by atoms with van der Waals surface area (Å²) >= 11 is 6.54. The summed E-state index contributed by atoms with van der Waals surface area (Å²) in [6, 6.07) is 8.12. The molecule has 1 aromatic carbocycles. The van der Waals surface area contributed by atoms with Crippen LogP contribution in [0, 0.1) is 25.7 Å². The summed E-state index contributed by atoms with van der Waals surface area (Å²) in [6.45, 7) is 8.08. The molecule has 3 aromatic rings. The molecule has 0 N–H and O–H groups in total. The summed E-state index contributed by atoms with van der Waals surface area (Å²) in [5.41, 5.74) is 3.22. The van der Waals surface area contributed by atoms with Gasteiger partial charge in [-0.15, -0.1) is 5.10 Å². The van der Waals surface area contributed by atoms with Gasteiger partial charge in [-0.1, -0.05) is 50.4 Å². The maximum atomic E-state index is 13.5. The molecule has 196 valence electrons. The Hall–Kier alpha value is -2.80. The number of cyclic esters (lactones) is 1. The van der Waals surface area contributed by atoms with Crippen molar-refractivity contribution in [1.82, 2.24) is 19.6 Å². The lowest BCUT2D eigenvalue weighted by molar-refractivity contribution is -0.185. The molecule has 3 heterocycles. The van der Waals surface area contributed by atoms with E-state index in [1.807, 2.05) is 26.0 Å². The quantitative estimate of drug-likeness (QED) is 0.290. The van der Waals surface area contributed by atoms with E-state index < -0.39 is 17.5 Å². The van der Waals surface area contributed by atoms with Crippen molar-refractivity contribution >= 4 is 29.1 Å². The molecular weight excluding hydrogens is 488 g/mol. The number of esters is 1. The fourth-order valence-electron chi connectivity index (χ4n) is 6.10. The average molecular weight is 523 g/mol. The predicted molar refractivity (Wildman–Crippen MR) is 142 cm³/mol. The summed E-state index contributed by atoms with van der Waals surface area (Å²) in [6.07, 6.45) is 5.88. The Balaban J connectivity index is 1.35. The molecule has 2 aromatic heterocycles. The first-order valence-corrected chi connectivity index (χ1v) is 13.8. The molecule has 1 saturated heterocycles. The lowest BCUT2D eigenvalue weighted by Crippen LogP contribution is -2.52. The van der Waals surface area contributed by atoms with Gasteiger partial charge in [0.25, 0.3) is 5.78 Å². The molecule has 0 spiro atoms. The van der Waals surface area contributed by atoms with Crippen molar-refractivity contribution in [2.24, 2.45) is 11.8 Å². The van der Waals surface area contributed by atoms with Crippen LogP contribution in [0.2, 0.25) is 5.02 Å². The topological polar surface area (TPSA) is 86.5 Å². The van der Waals surface area contributed by atoms with Gasteiger partial charge in [-0.05, 0) is 74.6 Å². The van der Waals surface area contributed by atoms with Gasteiger partial charge in [-0.2, -0.15) is 4.98 Å². The van der Waals surface area contributed by atoms with Crippen LogP contribution in [0.15, 0.2) is 24.3 Å². The molecule has 8 heteroatoms. The van der Waals surface area contributed by atoms with Crippen LogP contribution >= 0.6 is 11.6 Å².